The Bertz CT molecular complexity index is 160. The summed E-state index contributed by atoms with van der Waals surface area (Å²) in [5, 5.41) is 15.4. The van der Waals surface area contributed by atoms with Gasteiger partial charge >= 0.3 is 11.9 Å². The van der Waals surface area contributed by atoms with Gasteiger partial charge in [0, 0.05) is 12.8 Å². The second kappa shape index (κ2) is 17.3. The van der Waals surface area contributed by atoms with Gasteiger partial charge in [-0.05, 0) is 19.6 Å². The van der Waals surface area contributed by atoms with Crippen LogP contribution in [0.15, 0.2) is 0 Å². The lowest BCUT2D eigenvalue weighted by Gasteiger charge is -2.13. The third-order valence-corrected chi connectivity index (χ3v) is 1.95. The van der Waals surface area contributed by atoms with Gasteiger partial charge in [0.15, 0.2) is 0 Å². The maximum Gasteiger partial charge on any atom is 0.303 e. The van der Waals surface area contributed by atoms with E-state index in [0.29, 0.717) is 0 Å². The zero-order chi connectivity index (χ0) is 14.3. The lowest BCUT2D eigenvalue weighted by molar-refractivity contribution is -0.137. The van der Waals surface area contributed by atoms with E-state index in [-0.39, 0.29) is 12.8 Å². The normalized spacial score (nSPS) is 8.59. The van der Waals surface area contributed by atoms with Gasteiger partial charge in [-0.25, -0.2) is 0 Å². The van der Waals surface area contributed by atoms with E-state index in [1.807, 2.05) is 0 Å². The summed E-state index contributed by atoms with van der Waals surface area (Å²) in [4.78, 5) is 21.1. The van der Waals surface area contributed by atoms with E-state index >= 15 is 0 Å². The third kappa shape index (κ3) is 31.3. The van der Waals surface area contributed by atoms with Crippen LogP contribution in [0.2, 0.25) is 0 Å². The molecule has 0 saturated heterocycles. The molecule has 0 unspecified atom stereocenters. The molecular formula is C12H27NO4. The van der Waals surface area contributed by atoms with Gasteiger partial charge in [0.05, 0.1) is 0 Å². The van der Waals surface area contributed by atoms with Gasteiger partial charge in [-0.1, -0.05) is 34.6 Å². The molecule has 17 heavy (non-hydrogen) atoms. The molecule has 0 saturated carbocycles. The number of carbonyl (C=O) groups is 2. The molecule has 0 aromatic heterocycles. The first-order chi connectivity index (χ1) is 7.89. The van der Waals surface area contributed by atoms with Gasteiger partial charge in [0.1, 0.15) is 0 Å². The van der Waals surface area contributed by atoms with Crippen LogP contribution in [0.25, 0.3) is 0 Å². The molecule has 0 spiro atoms. The van der Waals surface area contributed by atoms with Crippen molar-refractivity contribution in [2.24, 2.45) is 0 Å². The Kier molecular flexibility index (Phi) is 21.6. The van der Waals surface area contributed by atoms with Gasteiger partial charge in [-0.2, -0.15) is 0 Å². The number of hydrogen-bond donors (Lipinski definition) is 2. The highest BCUT2D eigenvalue weighted by Crippen LogP contribution is 1.81. The van der Waals surface area contributed by atoms with Gasteiger partial charge in [-0.3, -0.25) is 9.59 Å². The Morgan fingerprint density at radius 2 is 0.941 bits per heavy atom. The molecule has 0 aliphatic rings. The summed E-state index contributed by atoms with van der Waals surface area (Å²) in [5.41, 5.74) is 0. The standard InChI is InChI=1S/C6H15N.2C3H6O2/c1-4-7(5-2)6-3;2*1-2-3(4)5/h4-6H2,1-3H3;2*2H2,1H3,(H,4,5). The van der Waals surface area contributed by atoms with Crippen molar-refractivity contribution in [1.82, 2.24) is 4.90 Å². The molecule has 104 valence electrons. The lowest BCUT2D eigenvalue weighted by Crippen LogP contribution is -2.21. The molecule has 0 fully saturated rings. The average molecular weight is 249 g/mol. The predicted molar refractivity (Wildman–Crippen MR) is 69.3 cm³/mol. The summed E-state index contributed by atoms with van der Waals surface area (Å²) in [6, 6.07) is 0. The SMILES string of the molecule is CCC(=O)O.CCC(=O)O.CCN(CC)CC. The maximum absolute atomic E-state index is 9.37. The molecule has 0 rings (SSSR count). The second-order valence-corrected chi connectivity index (χ2v) is 3.11. The van der Waals surface area contributed by atoms with Crippen LogP contribution in [0.5, 0.6) is 0 Å². The van der Waals surface area contributed by atoms with Crippen LogP contribution >= 0.6 is 0 Å². The maximum atomic E-state index is 9.37. The zero-order valence-corrected chi connectivity index (χ0v) is 11.7. The van der Waals surface area contributed by atoms with E-state index in [1.54, 1.807) is 13.8 Å². The molecule has 5 nitrogen and oxygen atoms in total. The van der Waals surface area contributed by atoms with Crippen molar-refractivity contribution in [2.45, 2.75) is 47.5 Å². The molecule has 0 aliphatic carbocycles. The number of hydrogen-bond acceptors (Lipinski definition) is 3. The summed E-state index contributed by atoms with van der Waals surface area (Å²) in [5.74, 6) is -1.49. The largest absolute Gasteiger partial charge is 0.481 e. The molecule has 0 atom stereocenters. The van der Waals surface area contributed by atoms with Crippen molar-refractivity contribution in [3.8, 4) is 0 Å². The van der Waals surface area contributed by atoms with Crippen molar-refractivity contribution in [3.05, 3.63) is 0 Å². The first-order valence-electron chi connectivity index (χ1n) is 6.05. The van der Waals surface area contributed by atoms with E-state index in [4.69, 9.17) is 10.2 Å². The molecule has 0 amide bonds. The first kappa shape index (κ1) is 21.2. The monoisotopic (exact) mass is 249 g/mol. The van der Waals surface area contributed by atoms with Crippen molar-refractivity contribution in [2.75, 3.05) is 19.6 Å². The van der Waals surface area contributed by atoms with Crippen LogP contribution in [-0.2, 0) is 9.59 Å². The first-order valence-corrected chi connectivity index (χ1v) is 6.05. The van der Waals surface area contributed by atoms with Gasteiger partial charge in [-0.15, -0.1) is 0 Å². The average Bonchev–Trinajstić information content (AvgIpc) is 2.32. The highest BCUT2D eigenvalue weighted by molar-refractivity contribution is 5.66. The molecule has 0 bridgehead atoms. The van der Waals surface area contributed by atoms with Crippen molar-refractivity contribution in [1.29, 1.82) is 0 Å². The molecular weight excluding hydrogens is 222 g/mol. The molecule has 2 N–H and O–H groups in total. The number of carboxylic acid groups (broad SMARTS) is 2. The third-order valence-electron chi connectivity index (χ3n) is 1.95. The van der Waals surface area contributed by atoms with Crippen LogP contribution in [0, 0.1) is 0 Å². The number of carboxylic acids is 2. The summed E-state index contributed by atoms with van der Waals surface area (Å²) >= 11 is 0. The lowest BCUT2D eigenvalue weighted by atomic mass is 10.5. The molecule has 0 heterocycles. The summed E-state index contributed by atoms with van der Waals surface area (Å²) in [6.45, 7) is 13.3. The fourth-order valence-electron chi connectivity index (χ4n) is 0.671. The zero-order valence-electron chi connectivity index (χ0n) is 11.7. The molecule has 0 aromatic rings. The predicted octanol–water partition coefficient (Wildman–Crippen LogP) is 2.31. The van der Waals surface area contributed by atoms with Gasteiger partial charge in [0.25, 0.3) is 0 Å². The minimum absolute atomic E-state index is 0.222. The minimum atomic E-state index is -0.745. The Labute approximate surface area is 104 Å². The van der Waals surface area contributed by atoms with Crippen molar-refractivity contribution >= 4 is 11.9 Å². The highest BCUT2D eigenvalue weighted by atomic mass is 16.4. The van der Waals surface area contributed by atoms with E-state index in [1.165, 1.54) is 19.6 Å². The van der Waals surface area contributed by atoms with E-state index in [9.17, 15) is 9.59 Å². The Balaban J connectivity index is -0.000000177. The summed E-state index contributed by atoms with van der Waals surface area (Å²) in [7, 11) is 0. The molecule has 0 aromatic carbocycles. The van der Waals surface area contributed by atoms with Crippen LogP contribution in [0.4, 0.5) is 0 Å². The number of rotatable bonds is 5. The fourth-order valence-corrected chi connectivity index (χ4v) is 0.671. The summed E-state index contributed by atoms with van der Waals surface area (Å²) in [6.07, 6.45) is 0.444. The van der Waals surface area contributed by atoms with Crippen LogP contribution < -0.4 is 0 Å². The Hall–Kier alpha value is -1.10. The second-order valence-electron chi connectivity index (χ2n) is 3.11. The Morgan fingerprint density at radius 3 is 0.941 bits per heavy atom. The van der Waals surface area contributed by atoms with Crippen molar-refractivity contribution in [3.63, 3.8) is 0 Å². The minimum Gasteiger partial charge on any atom is -0.481 e. The van der Waals surface area contributed by atoms with Crippen molar-refractivity contribution < 1.29 is 19.8 Å². The quantitative estimate of drug-likeness (QED) is 0.781. The van der Waals surface area contributed by atoms with E-state index in [2.05, 4.69) is 25.7 Å². The van der Waals surface area contributed by atoms with E-state index in [0.717, 1.165) is 0 Å². The topological polar surface area (TPSA) is 77.8 Å². The highest BCUT2D eigenvalue weighted by Gasteiger charge is 1.89. The molecule has 0 radical (unpaired) electrons. The number of nitrogens with zero attached hydrogens (tertiary/aromatic N) is 1. The summed E-state index contributed by atoms with van der Waals surface area (Å²) < 4.78 is 0. The van der Waals surface area contributed by atoms with Crippen LogP contribution in [0.3, 0.4) is 0 Å². The smallest absolute Gasteiger partial charge is 0.303 e. The van der Waals surface area contributed by atoms with Gasteiger partial charge < -0.3 is 15.1 Å². The van der Waals surface area contributed by atoms with E-state index < -0.39 is 11.9 Å². The molecule has 5 heteroatoms. The number of aliphatic carboxylic acids is 2. The van der Waals surface area contributed by atoms with Crippen LogP contribution in [0.1, 0.15) is 47.5 Å². The van der Waals surface area contributed by atoms with Gasteiger partial charge in [0.2, 0.25) is 0 Å². The van der Waals surface area contributed by atoms with Crippen LogP contribution in [-0.4, -0.2) is 46.7 Å². The Morgan fingerprint density at radius 1 is 0.765 bits per heavy atom. The molecule has 0 aliphatic heterocycles. The fraction of sp³-hybridized carbons (Fsp3) is 0.833.